The highest BCUT2D eigenvalue weighted by molar-refractivity contribution is 7.15. The van der Waals surface area contributed by atoms with E-state index >= 15 is 0 Å². The van der Waals surface area contributed by atoms with Gasteiger partial charge in [-0.2, -0.15) is 4.98 Å². The second-order valence-corrected chi connectivity index (χ2v) is 6.57. The van der Waals surface area contributed by atoms with Crippen molar-refractivity contribution in [2.45, 2.75) is 6.42 Å². The molecule has 2 aromatic heterocycles. The van der Waals surface area contributed by atoms with Gasteiger partial charge in [0.1, 0.15) is 5.82 Å². The third-order valence-electron chi connectivity index (χ3n) is 3.95. The highest BCUT2D eigenvalue weighted by Gasteiger charge is 2.12. The average molecular weight is 366 g/mol. The number of rotatable bonds is 5. The maximum absolute atomic E-state index is 13.1. The Hall–Kier alpha value is -3.06. The number of thiazole rings is 1. The van der Waals surface area contributed by atoms with Crippen LogP contribution >= 0.6 is 11.3 Å². The molecule has 130 valence electrons. The zero-order valence-electron chi connectivity index (χ0n) is 13.7. The number of carbonyl (C=O) groups excluding carboxylic acids is 1. The van der Waals surface area contributed by atoms with Crippen molar-refractivity contribution in [3.8, 4) is 11.4 Å². The van der Waals surface area contributed by atoms with E-state index in [9.17, 15) is 9.18 Å². The highest BCUT2D eigenvalue weighted by atomic mass is 32.1. The van der Waals surface area contributed by atoms with Crippen LogP contribution in [0.5, 0.6) is 0 Å². The van der Waals surface area contributed by atoms with Crippen molar-refractivity contribution in [1.29, 1.82) is 0 Å². The SMILES string of the molecule is O=C(NCCc1csc2nc(-c3ccc(F)cc3)nn12)c1ccccc1. The highest BCUT2D eigenvalue weighted by Crippen LogP contribution is 2.21. The fraction of sp³-hybridized carbons (Fsp3) is 0.105. The summed E-state index contributed by atoms with van der Waals surface area (Å²) in [5.74, 6) is 0.179. The van der Waals surface area contributed by atoms with Gasteiger partial charge in [0, 0.05) is 29.5 Å². The van der Waals surface area contributed by atoms with Gasteiger partial charge in [-0.15, -0.1) is 16.4 Å². The summed E-state index contributed by atoms with van der Waals surface area (Å²) in [7, 11) is 0. The van der Waals surface area contributed by atoms with E-state index in [1.54, 1.807) is 28.8 Å². The summed E-state index contributed by atoms with van der Waals surface area (Å²) >= 11 is 1.49. The second-order valence-electron chi connectivity index (χ2n) is 5.74. The molecule has 5 nitrogen and oxygen atoms in total. The van der Waals surface area contributed by atoms with Crippen LogP contribution in [-0.2, 0) is 6.42 Å². The number of fused-ring (bicyclic) bond motifs is 1. The molecule has 4 aromatic rings. The Morgan fingerprint density at radius 1 is 1.12 bits per heavy atom. The predicted molar refractivity (Wildman–Crippen MR) is 98.7 cm³/mol. The minimum absolute atomic E-state index is 0.0948. The van der Waals surface area contributed by atoms with E-state index in [4.69, 9.17) is 0 Å². The topological polar surface area (TPSA) is 59.3 Å². The monoisotopic (exact) mass is 366 g/mol. The Balaban J connectivity index is 1.45. The van der Waals surface area contributed by atoms with Crippen molar-refractivity contribution < 1.29 is 9.18 Å². The summed E-state index contributed by atoms with van der Waals surface area (Å²) in [6.45, 7) is 0.505. The Labute approximate surface area is 153 Å². The standard InChI is InChI=1S/C19H15FN4OS/c20-15-8-6-13(7-9-15)17-22-19-24(23-17)16(12-26-19)10-11-21-18(25)14-4-2-1-3-5-14/h1-9,12H,10-11H2,(H,21,25). The van der Waals surface area contributed by atoms with Crippen molar-refractivity contribution in [2.75, 3.05) is 6.54 Å². The summed E-state index contributed by atoms with van der Waals surface area (Å²) in [5, 5.41) is 9.40. The first kappa shape index (κ1) is 16.4. The van der Waals surface area contributed by atoms with Gasteiger partial charge in [-0.05, 0) is 36.4 Å². The molecule has 0 saturated heterocycles. The molecule has 0 atom stereocenters. The Kier molecular flexibility index (Phi) is 4.45. The minimum atomic E-state index is -0.287. The lowest BCUT2D eigenvalue weighted by molar-refractivity contribution is 0.0954. The van der Waals surface area contributed by atoms with Gasteiger partial charge in [0.25, 0.3) is 5.91 Å². The Morgan fingerprint density at radius 2 is 1.88 bits per heavy atom. The molecule has 0 unspecified atom stereocenters. The summed E-state index contributed by atoms with van der Waals surface area (Å²) in [5.41, 5.74) is 2.38. The zero-order chi connectivity index (χ0) is 17.9. The van der Waals surface area contributed by atoms with Crippen molar-refractivity contribution in [1.82, 2.24) is 19.9 Å². The van der Waals surface area contributed by atoms with Crippen molar-refractivity contribution in [3.63, 3.8) is 0 Å². The fourth-order valence-electron chi connectivity index (χ4n) is 2.61. The second kappa shape index (κ2) is 7.05. The molecule has 0 aliphatic heterocycles. The normalized spacial score (nSPS) is 11.0. The number of benzene rings is 2. The molecule has 0 saturated carbocycles. The van der Waals surface area contributed by atoms with Gasteiger partial charge in [-0.25, -0.2) is 8.91 Å². The maximum Gasteiger partial charge on any atom is 0.251 e. The van der Waals surface area contributed by atoms with Gasteiger partial charge in [0.05, 0.1) is 5.69 Å². The van der Waals surface area contributed by atoms with Crippen LogP contribution < -0.4 is 5.32 Å². The lowest BCUT2D eigenvalue weighted by atomic mass is 10.2. The van der Waals surface area contributed by atoms with Gasteiger partial charge >= 0.3 is 0 Å². The molecule has 0 aliphatic carbocycles. The minimum Gasteiger partial charge on any atom is -0.352 e. The number of nitrogens with one attached hydrogen (secondary N) is 1. The van der Waals surface area contributed by atoms with Gasteiger partial charge in [-0.3, -0.25) is 4.79 Å². The molecule has 0 aliphatic rings. The van der Waals surface area contributed by atoms with Crippen molar-refractivity contribution >= 4 is 22.2 Å². The van der Waals surface area contributed by atoms with Crippen LogP contribution in [0.25, 0.3) is 16.3 Å². The maximum atomic E-state index is 13.1. The zero-order valence-corrected chi connectivity index (χ0v) is 14.5. The molecule has 4 rings (SSSR count). The van der Waals surface area contributed by atoms with E-state index in [1.807, 2.05) is 23.6 Å². The molecule has 0 radical (unpaired) electrons. The fourth-order valence-corrected chi connectivity index (χ4v) is 3.47. The molecule has 0 fully saturated rings. The van der Waals surface area contributed by atoms with Crippen molar-refractivity contribution in [2.24, 2.45) is 0 Å². The largest absolute Gasteiger partial charge is 0.352 e. The quantitative estimate of drug-likeness (QED) is 0.587. The molecule has 1 N–H and O–H groups in total. The number of nitrogens with zero attached hydrogens (tertiary/aromatic N) is 3. The number of carbonyl (C=O) groups is 1. The Morgan fingerprint density at radius 3 is 2.65 bits per heavy atom. The first-order valence-corrected chi connectivity index (χ1v) is 9.01. The van der Waals surface area contributed by atoms with Crippen molar-refractivity contribution in [3.05, 3.63) is 77.1 Å². The van der Waals surface area contributed by atoms with Crippen LogP contribution in [0.2, 0.25) is 0 Å². The smallest absolute Gasteiger partial charge is 0.251 e. The van der Waals surface area contributed by atoms with Gasteiger partial charge in [0.2, 0.25) is 4.96 Å². The summed E-state index contributed by atoms with van der Waals surface area (Å²) in [6.07, 6.45) is 0.644. The van der Waals surface area contributed by atoms with E-state index < -0.39 is 0 Å². The average Bonchev–Trinajstić information content (AvgIpc) is 3.25. The van der Waals surface area contributed by atoms with E-state index in [1.165, 1.54) is 23.5 Å². The number of halogens is 1. The number of hydrogen-bond donors (Lipinski definition) is 1. The van der Waals surface area contributed by atoms with Crippen LogP contribution in [0, 0.1) is 5.82 Å². The lowest BCUT2D eigenvalue weighted by Crippen LogP contribution is -2.25. The first-order valence-electron chi connectivity index (χ1n) is 8.13. The van der Waals surface area contributed by atoms with Crippen LogP contribution in [0.1, 0.15) is 16.1 Å². The van der Waals surface area contributed by atoms with Gasteiger partial charge in [0.15, 0.2) is 5.82 Å². The summed E-state index contributed by atoms with van der Waals surface area (Å²) in [4.78, 5) is 17.3. The lowest BCUT2D eigenvalue weighted by Gasteiger charge is -2.04. The molecule has 0 bridgehead atoms. The number of hydrogen-bond acceptors (Lipinski definition) is 4. The molecule has 2 heterocycles. The molecule has 0 spiro atoms. The van der Waals surface area contributed by atoms with E-state index in [-0.39, 0.29) is 11.7 Å². The molecular formula is C19H15FN4OS. The third kappa shape index (κ3) is 3.34. The molecule has 1 amide bonds. The molecular weight excluding hydrogens is 351 g/mol. The van der Waals surface area contributed by atoms with Gasteiger partial charge in [-0.1, -0.05) is 18.2 Å². The Bertz CT molecular complexity index is 1040. The molecule has 7 heteroatoms. The van der Waals surface area contributed by atoms with Crippen LogP contribution in [0.4, 0.5) is 4.39 Å². The van der Waals surface area contributed by atoms with E-state index in [2.05, 4.69) is 15.4 Å². The summed E-state index contributed by atoms with van der Waals surface area (Å²) < 4.78 is 14.8. The first-order chi connectivity index (χ1) is 12.7. The number of amides is 1. The molecule has 2 aromatic carbocycles. The van der Waals surface area contributed by atoms with E-state index in [0.717, 1.165) is 16.2 Å². The van der Waals surface area contributed by atoms with Gasteiger partial charge < -0.3 is 5.32 Å². The summed E-state index contributed by atoms with van der Waals surface area (Å²) in [6, 6.07) is 15.2. The van der Waals surface area contributed by atoms with Crippen LogP contribution in [0.3, 0.4) is 0 Å². The molecule has 26 heavy (non-hydrogen) atoms. The number of aromatic nitrogens is 3. The van der Waals surface area contributed by atoms with E-state index in [0.29, 0.717) is 24.4 Å². The third-order valence-corrected chi connectivity index (χ3v) is 4.82. The van der Waals surface area contributed by atoms with Crippen LogP contribution in [0.15, 0.2) is 60.0 Å². The van der Waals surface area contributed by atoms with Crippen LogP contribution in [-0.4, -0.2) is 27.0 Å². The predicted octanol–water partition coefficient (Wildman–Crippen LogP) is 3.57.